The van der Waals surface area contributed by atoms with Crippen molar-refractivity contribution in [3.8, 4) is 0 Å². The van der Waals surface area contributed by atoms with Crippen LogP contribution in [0, 0.1) is 5.92 Å². The first kappa shape index (κ1) is 19.0. The van der Waals surface area contributed by atoms with Gasteiger partial charge in [-0.2, -0.15) is 0 Å². The van der Waals surface area contributed by atoms with Crippen LogP contribution >= 0.6 is 0 Å². The van der Waals surface area contributed by atoms with Crippen molar-refractivity contribution in [2.24, 2.45) is 5.92 Å². The Labute approximate surface area is 161 Å². The number of amides is 2. The molecule has 5 nitrogen and oxygen atoms in total. The lowest BCUT2D eigenvalue weighted by Crippen LogP contribution is -2.33. The molecule has 2 aromatic rings. The monoisotopic (exact) mass is 365 g/mol. The molecule has 3 rings (SSSR count). The molecule has 0 aromatic heterocycles. The van der Waals surface area contributed by atoms with E-state index >= 15 is 0 Å². The van der Waals surface area contributed by atoms with Crippen LogP contribution in [0.3, 0.4) is 0 Å². The summed E-state index contributed by atoms with van der Waals surface area (Å²) < 4.78 is 0. The van der Waals surface area contributed by atoms with Crippen LogP contribution in [-0.2, 0) is 16.0 Å². The number of nitrogens with zero attached hydrogens (tertiary/aromatic N) is 2. The second-order valence-corrected chi connectivity index (χ2v) is 7.20. The average molecular weight is 365 g/mol. The van der Waals surface area contributed by atoms with E-state index in [0.29, 0.717) is 13.1 Å². The number of nitrogens with one attached hydrogen (secondary N) is 1. The minimum Gasteiger partial charge on any atom is -0.378 e. The third-order valence-corrected chi connectivity index (χ3v) is 4.96. The van der Waals surface area contributed by atoms with Gasteiger partial charge in [0.15, 0.2) is 0 Å². The van der Waals surface area contributed by atoms with E-state index in [-0.39, 0.29) is 24.2 Å². The van der Waals surface area contributed by atoms with Crippen LogP contribution in [0.2, 0.25) is 0 Å². The summed E-state index contributed by atoms with van der Waals surface area (Å²) in [5.74, 6) is -0.288. The van der Waals surface area contributed by atoms with Gasteiger partial charge in [-0.1, -0.05) is 30.3 Å². The highest BCUT2D eigenvalue weighted by Crippen LogP contribution is 2.27. The predicted octanol–water partition coefficient (Wildman–Crippen LogP) is 2.85. The molecule has 0 spiro atoms. The number of rotatable bonds is 7. The molecule has 5 heteroatoms. The van der Waals surface area contributed by atoms with Gasteiger partial charge in [0.25, 0.3) is 0 Å². The van der Waals surface area contributed by atoms with Gasteiger partial charge >= 0.3 is 0 Å². The highest BCUT2D eigenvalue weighted by atomic mass is 16.2. The van der Waals surface area contributed by atoms with Crippen molar-refractivity contribution in [1.82, 2.24) is 5.32 Å². The van der Waals surface area contributed by atoms with Crippen molar-refractivity contribution >= 4 is 23.2 Å². The summed E-state index contributed by atoms with van der Waals surface area (Å²) in [5.41, 5.74) is 3.21. The topological polar surface area (TPSA) is 52.6 Å². The van der Waals surface area contributed by atoms with Crippen molar-refractivity contribution in [2.75, 3.05) is 37.0 Å². The second-order valence-electron chi connectivity index (χ2n) is 7.20. The molecule has 1 aliphatic rings. The summed E-state index contributed by atoms with van der Waals surface area (Å²) in [6.07, 6.45) is 2.11. The number of benzene rings is 2. The summed E-state index contributed by atoms with van der Waals surface area (Å²) in [4.78, 5) is 28.5. The summed E-state index contributed by atoms with van der Waals surface area (Å²) in [6, 6.07) is 18.1. The molecule has 142 valence electrons. The molecule has 2 aromatic carbocycles. The molecule has 0 saturated carbocycles. The first-order chi connectivity index (χ1) is 13.0. The molecule has 0 aliphatic carbocycles. The van der Waals surface area contributed by atoms with Crippen LogP contribution in [0.4, 0.5) is 11.4 Å². The summed E-state index contributed by atoms with van der Waals surface area (Å²) in [7, 11) is 3.96. The van der Waals surface area contributed by atoms with E-state index in [1.807, 2.05) is 61.5 Å². The number of carbonyl (C=O) groups excluding carboxylic acids is 2. The normalized spacial score (nSPS) is 16.4. The van der Waals surface area contributed by atoms with Crippen molar-refractivity contribution in [3.63, 3.8) is 0 Å². The van der Waals surface area contributed by atoms with E-state index < -0.39 is 0 Å². The van der Waals surface area contributed by atoms with Crippen LogP contribution in [0.1, 0.15) is 18.4 Å². The largest absolute Gasteiger partial charge is 0.378 e. The van der Waals surface area contributed by atoms with Crippen LogP contribution in [0.5, 0.6) is 0 Å². The summed E-state index contributed by atoms with van der Waals surface area (Å²) in [6.45, 7) is 1.08. The van der Waals surface area contributed by atoms with Crippen molar-refractivity contribution in [2.45, 2.75) is 19.3 Å². The molecule has 1 saturated heterocycles. The Bertz CT molecular complexity index is 772. The number of hydrogen-bond acceptors (Lipinski definition) is 3. The SMILES string of the molecule is CN(C)c1ccc(N2CC(C(=O)NCCCc3ccccc3)CC2=O)cc1. The van der Waals surface area contributed by atoms with Crippen LogP contribution in [-0.4, -0.2) is 39.0 Å². The molecule has 0 bridgehead atoms. The fraction of sp³-hybridized carbons (Fsp3) is 0.364. The zero-order valence-electron chi connectivity index (χ0n) is 16.0. The second kappa shape index (κ2) is 8.71. The Morgan fingerprint density at radius 1 is 1.11 bits per heavy atom. The first-order valence-corrected chi connectivity index (χ1v) is 9.44. The van der Waals surface area contributed by atoms with E-state index in [2.05, 4.69) is 17.4 Å². The van der Waals surface area contributed by atoms with Gasteiger partial charge in [-0.15, -0.1) is 0 Å². The maximum absolute atomic E-state index is 12.4. The van der Waals surface area contributed by atoms with E-state index in [0.717, 1.165) is 24.2 Å². The fourth-order valence-corrected chi connectivity index (χ4v) is 3.36. The lowest BCUT2D eigenvalue weighted by atomic mass is 10.1. The van der Waals surface area contributed by atoms with Crippen molar-refractivity contribution < 1.29 is 9.59 Å². The van der Waals surface area contributed by atoms with Crippen molar-refractivity contribution in [3.05, 3.63) is 60.2 Å². The molecule has 1 aliphatic heterocycles. The predicted molar refractivity (Wildman–Crippen MR) is 109 cm³/mol. The Morgan fingerprint density at radius 3 is 2.48 bits per heavy atom. The minimum absolute atomic E-state index is 0.0111. The summed E-state index contributed by atoms with van der Waals surface area (Å²) >= 11 is 0. The first-order valence-electron chi connectivity index (χ1n) is 9.44. The fourth-order valence-electron chi connectivity index (χ4n) is 3.36. The zero-order valence-corrected chi connectivity index (χ0v) is 16.0. The van der Waals surface area contributed by atoms with Gasteiger partial charge in [-0.05, 0) is 42.7 Å². The molecular formula is C22H27N3O2. The van der Waals surface area contributed by atoms with Gasteiger partial charge in [-0.3, -0.25) is 9.59 Å². The third kappa shape index (κ3) is 4.88. The summed E-state index contributed by atoms with van der Waals surface area (Å²) in [5, 5.41) is 2.99. The third-order valence-electron chi connectivity index (χ3n) is 4.96. The minimum atomic E-state index is -0.275. The Kier molecular flexibility index (Phi) is 6.12. The van der Waals surface area contributed by atoms with E-state index in [9.17, 15) is 9.59 Å². The molecule has 27 heavy (non-hydrogen) atoms. The smallest absolute Gasteiger partial charge is 0.227 e. The molecule has 1 unspecified atom stereocenters. The van der Waals surface area contributed by atoms with Gasteiger partial charge in [0, 0.05) is 45.0 Å². The average Bonchev–Trinajstić information content (AvgIpc) is 3.08. The highest BCUT2D eigenvalue weighted by molar-refractivity contribution is 6.00. The Hall–Kier alpha value is -2.82. The molecule has 1 heterocycles. The quantitative estimate of drug-likeness (QED) is 0.768. The number of aryl methyl sites for hydroxylation is 1. The highest BCUT2D eigenvalue weighted by Gasteiger charge is 2.34. The van der Waals surface area contributed by atoms with E-state index in [1.54, 1.807) is 4.90 Å². The van der Waals surface area contributed by atoms with Crippen LogP contribution < -0.4 is 15.1 Å². The van der Waals surface area contributed by atoms with Crippen molar-refractivity contribution in [1.29, 1.82) is 0 Å². The van der Waals surface area contributed by atoms with Gasteiger partial charge in [0.05, 0.1) is 5.92 Å². The number of anilines is 2. The maximum Gasteiger partial charge on any atom is 0.227 e. The van der Waals surface area contributed by atoms with E-state index in [4.69, 9.17) is 0 Å². The van der Waals surface area contributed by atoms with Crippen LogP contribution in [0.15, 0.2) is 54.6 Å². The number of carbonyl (C=O) groups is 2. The lowest BCUT2D eigenvalue weighted by Gasteiger charge is -2.19. The van der Waals surface area contributed by atoms with Gasteiger partial charge in [0.1, 0.15) is 0 Å². The van der Waals surface area contributed by atoms with Gasteiger partial charge < -0.3 is 15.1 Å². The van der Waals surface area contributed by atoms with Crippen LogP contribution in [0.25, 0.3) is 0 Å². The molecule has 2 amide bonds. The lowest BCUT2D eigenvalue weighted by molar-refractivity contribution is -0.126. The Balaban J connectivity index is 1.48. The van der Waals surface area contributed by atoms with Gasteiger partial charge in [-0.25, -0.2) is 0 Å². The molecule has 1 fully saturated rings. The Morgan fingerprint density at radius 2 is 1.81 bits per heavy atom. The standard InChI is InChI=1S/C22H27N3O2/c1-24(2)19-10-12-20(13-11-19)25-16-18(15-21(25)26)22(27)23-14-6-9-17-7-4-3-5-8-17/h3-5,7-8,10-13,18H,6,9,14-16H2,1-2H3,(H,23,27). The maximum atomic E-state index is 12.4. The van der Waals surface area contributed by atoms with Gasteiger partial charge in [0.2, 0.25) is 11.8 Å². The molecule has 1 N–H and O–H groups in total. The number of hydrogen-bond donors (Lipinski definition) is 1. The zero-order chi connectivity index (χ0) is 19.2. The van der Waals surface area contributed by atoms with E-state index in [1.165, 1.54) is 5.56 Å². The molecule has 1 atom stereocenters. The molecular weight excluding hydrogens is 338 g/mol. The molecule has 0 radical (unpaired) electrons.